The van der Waals surface area contributed by atoms with E-state index in [4.69, 9.17) is 4.74 Å². The summed E-state index contributed by atoms with van der Waals surface area (Å²) in [5.74, 6) is -0.559. The van der Waals surface area contributed by atoms with E-state index in [-0.39, 0.29) is 10.5 Å². The van der Waals surface area contributed by atoms with E-state index in [1.54, 1.807) is 31.3 Å². The van der Waals surface area contributed by atoms with Gasteiger partial charge in [0.15, 0.2) is 9.84 Å². The van der Waals surface area contributed by atoms with Crippen LogP contribution in [-0.2, 0) is 35.6 Å². The predicted molar refractivity (Wildman–Crippen MR) is 155 cm³/mol. The van der Waals surface area contributed by atoms with Gasteiger partial charge in [-0.1, -0.05) is 36.4 Å². The summed E-state index contributed by atoms with van der Waals surface area (Å²) in [5, 5.41) is 0.360. The molecular weight excluding hydrogens is 534 g/mol. The van der Waals surface area contributed by atoms with Gasteiger partial charge in [0.1, 0.15) is 9.84 Å². The lowest BCUT2D eigenvalue weighted by molar-refractivity contribution is -0.133. The van der Waals surface area contributed by atoms with Crippen LogP contribution < -0.4 is 0 Å². The van der Waals surface area contributed by atoms with Crippen molar-refractivity contribution in [3.63, 3.8) is 0 Å². The Balaban J connectivity index is 1.81. The highest BCUT2D eigenvalue weighted by Gasteiger charge is 2.18. The number of fused-ring (bicyclic) bond motifs is 1. The van der Waals surface area contributed by atoms with Crippen LogP contribution in [0.25, 0.3) is 33.7 Å². The summed E-state index contributed by atoms with van der Waals surface area (Å²) in [6.45, 7) is 1.70. The highest BCUT2D eigenvalue weighted by molar-refractivity contribution is 7.91. The third kappa shape index (κ3) is 6.61. The molecule has 0 spiro atoms. The fourth-order valence-corrected chi connectivity index (χ4v) is 5.42. The van der Waals surface area contributed by atoms with Crippen LogP contribution >= 0.6 is 0 Å². The summed E-state index contributed by atoms with van der Waals surface area (Å²) in [5.41, 5.74) is 4.86. The Hall–Kier alpha value is -3.82. The number of carbonyl (C=O) groups excluding carboxylic acids is 1. The number of ether oxygens (including phenoxy) is 1. The van der Waals surface area contributed by atoms with Crippen molar-refractivity contribution in [2.45, 2.75) is 23.5 Å². The second-order valence-electron chi connectivity index (χ2n) is 9.53. The number of rotatable bonds is 8. The third-order valence-corrected chi connectivity index (χ3v) is 9.28. The molecule has 0 aliphatic heterocycles. The van der Waals surface area contributed by atoms with Crippen LogP contribution in [0.1, 0.15) is 23.6 Å². The van der Waals surface area contributed by atoms with Gasteiger partial charge in [-0.15, -0.1) is 0 Å². The van der Waals surface area contributed by atoms with Crippen molar-refractivity contribution in [3.05, 3.63) is 95.7 Å². The van der Waals surface area contributed by atoms with Gasteiger partial charge in [-0.25, -0.2) is 21.6 Å². The minimum atomic E-state index is -3.38. The van der Waals surface area contributed by atoms with Crippen molar-refractivity contribution in [2.24, 2.45) is 0 Å². The number of nitrogens with zero attached hydrogens (tertiary/aromatic N) is 1. The molecule has 0 bridgehead atoms. The van der Waals surface area contributed by atoms with Gasteiger partial charge in [-0.3, -0.25) is 4.98 Å². The maximum absolute atomic E-state index is 12.7. The van der Waals surface area contributed by atoms with Gasteiger partial charge in [0.2, 0.25) is 0 Å². The minimum absolute atomic E-state index is 0.155. The maximum atomic E-state index is 12.7. The molecule has 0 fully saturated rings. The number of carbonyl (C=O) groups is 1. The quantitative estimate of drug-likeness (QED) is 0.169. The number of pyridine rings is 1. The molecule has 4 rings (SSSR count). The number of sulfone groups is 2. The lowest BCUT2D eigenvalue weighted by atomic mass is 9.95. The Kier molecular flexibility index (Phi) is 8.04. The van der Waals surface area contributed by atoms with Crippen molar-refractivity contribution >= 4 is 48.2 Å². The fourth-order valence-electron chi connectivity index (χ4n) is 4.29. The van der Waals surface area contributed by atoms with Crippen LogP contribution in [0.5, 0.6) is 0 Å². The molecule has 0 aliphatic rings. The lowest BCUT2D eigenvalue weighted by Gasteiger charge is -2.14. The monoisotopic (exact) mass is 563 g/mol. The average Bonchev–Trinajstić information content (AvgIpc) is 2.90. The van der Waals surface area contributed by atoms with Gasteiger partial charge in [0.25, 0.3) is 0 Å². The number of benzene rings is 3. The summed E-state index contributed by atoms with van der Waals surface area (Å²) < 4.78 is 52.9. The van der Waals surface area contributed by atoms with Gasteiger partial charge in [-0.05, 0) is 78.1 Å². The first-order valence-corrected chi connectivity index (χ1v) is 16.0. The van der Waals surface area contributed by atoms with Gasteiger partial charge in [0, 0.05) is 29.7 Å². The van der Waals surface area contributed by atoms with E-state index in [1.165, 1.54) is 25.5 Å². The Morgan fingerprint density at radius 3 is 2.31 bits per heavy atom. The normalized spacial score (nSPS) is 13.3. The van der Waals surface area contributed by atoms with Crippen LogP contribution in [-0.4, -0.2) is 52.7 Å². The molecule has 1 atom stereocenters. The van der Waals surface area contributed by atoms with Crippen LogP contribution in [0.15, 0.2) is 83.9 Å². The predicted octanol–water partition coefficient (Wildman–Crippen LogP) is 4.99. The lowest BCUT2D eigenvalue weighted by Crippen LogP contribution is -2.18. The molecule has 0 amide bonds. The Morgan fingerprint density at radius 2 is 1.67 bits per heavy atom. The summed E-state index contributed by atoms with van der Waals surface area (Å²) in [7, 11) is -5.29. The van der Waals surface area contributed by atoms with Crippen molar-refractivity contribution in [1.82, 2.24) is 4.98 Å². The first-order valence-electron chi connectivity index (χ1n) is 12.1. The molecule has 0 saturated heterocycles. The van der Waals surface area contributed by atoms with Crippen molar-refractivity contribution in [1.29, 1.82) is 0 Å². The smallest absolute Gasteiger partial charge is 0.338 e. The molecule has 1 unspecified atom stereocenters. The molecule has 0 aliphatic carbocycles. The third-order valence-electron chi connectivity index (χ3n) is 6.53. The first kappa shape index (κ1) is 28.2. The Morgan fingerprint density at radius 1 is 0.949 bits per heavy atom. The van der Waals surface area contributed by atoms with E-state index in [1.807, 2.05) is 48.5 Å². The number of hydrogen-bond acceptors (Lipinski definition) is 7. The molecular formula is C30H29NO6S2. The molecule has 1 heterocycles. The van der Waals surface area contributed by atoms with E-state index in [9.17, 15) is 21.6 Å². The van der Waals surface area contributed by atoms with E-state index in [0.717, 1.165) is 39.4 Å². The molecule has 7 nitrogen and oxygen atoms in total. The SMILES string of the molecule is COC(=O)C(=Cc1cccc(-c2cc(CC(C)S(C)(=O)=O)cc3cccnc23)c1)c1ccc(S(C)(=O)=O)cc1. The summed E-state index contributed by atoms with van der Waals surface area (Å²) in [6.07, 6.45) is 6.14. The highest BCUT2D eigenvalue weighted by atomic mass is 32.2. The van der Waals surface area contributed by atoms with Crippen molar-refractivity contribution < 1.29 is 26.4 Å². The van der Waals surface area contributed by atoms with Gasteiger partial charge in [-0.2, -0.15) is 0 Å². The summed E-state index contributed by atoms with van der Waals surface area (Å²) >= 11 is 0. The van der Waals surface area contributed by atoms with E-state index >= 15 is 0 Å². The zero-order valence-electron chi connectivity index (χ0n) is 22.1. The highest BCUT2D eigenvalue weighted by Crippen LogP contribution is 2.31. The van der Waals surface area contributed by atoms with Crippen molar-refractivity contribution in [3.8, 4) is 11.1 Å². The zero-order valence-corrected chi connectivity index (χ0v) is 23.7. The summed E-state index contributed by atoms with van der Waals surface area (Å²) in [4.78, 5) is 17.4. The van der Waals surface area contributed by atoms with E-state index in [0.29, 0.717) is 12.0 Å². The molecule has 3 aromatic carbocycles. The zero-order chi connectivity index (χ0) is 28.4. The standard InChI is InChI=1S/C30H29NO6S2/c1-20(38(3,33)34)15-22-17-25-9-6-14-31-29(25)27(19-22)24-8-5-7-21(16-24)18-28(30(32)37-2)23-10-12-26(13-11-23)39(4,35)36/h5-14,16-20H,15H2,1-4H3. The largest absolute Gasteiger partial charge is 0.465 e. The van der Waals surface area contributed by atoms with Crippen LogP contribution in [0.3, 0.4) is 0 Å². The second-order valence-corrected chi connectivity index (χ2v) is 14.0. The van der Waals surface area contributed by atoms with Gasteiger partial charge >= 0.3 is 5.97 Å². The molecule has 0 N–H and O–H groups in total. The number of methoxy groups -OCH3 is 1. The topological polar surface area (TPSA) is 107 Å². The molecule has 0 radical (unpaired) electrons. The average molecular weight is 564 g/mol. The van der Waals surface area contributed by atoms with Gasteiger partial charge in [0.05, 0.1) is 28.3 Å². The second kappa shape index (κ2) is 11.1. The summed E-state index contributed by atoms with van der Waals surface area (Å²) in [6, 6.07) is 21.3. The number of aromatic nitrogens is 1. The van der Waals surface area contributed by atoms with E-state index in [2.05, 4.69) is 4.98 Å². The van der Waals surface area contributed by atoms with Gasteiger partial charge < -0.3 is 4.74 Å². The molecule has 1 aromatic heterocycles. The Labute approximate surface area is 229 Å². The number of esters is 1. The molecule has 0 saturated carbocycles. The molecule has 202 valence electrons. The first-order chi connectivity index (χ1) is 18.4. The molecule has 9 heteroatoms. The molecule has 39 heavy (non-hydrogen) atoms. The van der Waals surface area contributed by atoms with Crippen LogP contribution in [0, 0.1) is 0 Å². The fraction of sp³-hybridized carbons (Fsp3) is 0.200. The van der Waals surface area contributed by atoms with E-state index < -0.39 is 30.9 Å². The van der Waals surface area contributed by atoms with Crippen LogP contribution in [0.2, 0.25) is 0 Å². The Bertz CT molecular complexity index is 1790. The minimum Gasteiger partial charge on any atom is -0.465 e. The maximum Gasteiger partial charge on any atom is 0.338 e. The number of hydrogen-bond donors (Lipinski definition) is 0. The molecule has 4 aromatic rings. The van der Waals surface area contributed by atoms with Crippen molar-refractivity contribution in [2.75, 3.05) is 19.6 Å². The van der Waals surface area contributed by atoms with Crippen LogP contribution in [0.4, 0.5) is 0 Å².